The van der Waals surface area contributed by atoms with E-state index in [-0.39, 0.29) is 5.75 Å². The minimum Gasteiger partial charge on any atom is -0.228 e. The second-order valence-electron chi connectivity index (χ2n) is 1.40. The molecule has 0 radical (unpaired) electrons. The van der Waals surface area contributed by atoms with Crippen molar-refractivity contribution in [3.8, 4) is 0 Å². The Morgan fingerprint density at radius 2 is 2.12 bits per heavy atom. The van der Waals surface area contributed by atoms with Crippen LogP contribution in [0.15, 0.2) is 12.2 Å². The Morgan fingerprint density at radius 1 is 1.62 bits per heavy atom. The van der Waals surface area contributed by atoms with Gasteiger partial charge in [0.25, 0.3) is 0 Å². The summed E-state index contributed by atoms with van der Waals surface area (Å²) in [4.78, 5) is 0. The monoisotopic (exact) mass is 135 g/mol. The lowest BCUT2D eigenvalue weighted by atomic mass is 10.6. The van der Waals surface area contributed by atoms with Gasteiger partial charge in [0.15, 0.2) is 0 Å². The molecule has 0 aromatic carbocycles. The zero-order chi connectivity index (χ0) is 6.62. The van der Waals surface area contributed by atoms with Crippen LogP contribution in [-0.4, -0.2) is 14.2 Å². The minimum absolute atomic E-state index is 0.0660. The molecule has 3 nitrogen and oxygen atoms in total. The maximum absolute atomic E-state index is 10.1. The van der Waals surface area contributed by atoms with E-state index < -0.39 is 10.0 Å². The van der Waals surface area contributed by atoms with Crippen molar-refractivity contribution in [2.75, 3.05) is 5.75 Å². The number of hydrogen-bond donors (Lipinski definition) is 1. The van der Waals surface area contributed by atoms with E-state index in [1.54, 1.807) is 13.0 Å². The first kappa shape index (κ1) is 7.65. The van der Waals surface area contributed by atoms with Crippen molar-refractivity contribution < 1.29 is 8.42 Å². The Balaban J connectivity index is 3.76. The summed E-state index contributed by atoms with van der Waals surface area (Å²) in [5.41, 5.74) is 0. The van der Waals surface area contributed by atoms with Gasteiger partial charge in [-0.1, -0.05) is 12.2 Å². The van der Waals surface area contributed by atoms with E-state index in [4.69, 9.17) is 0 Å². The van der Waals surface area contributed by atoms with Crippen molar-refractivity contribution in [3.05, 3.63) is 12.2 Å². The second-order valence-corrected chi connectivity index (χ2v) is 3.06. The van der Waals surface area contributed by atoms with Crippen LogP contribution in [0.1, 0.15) is 6.92 Å². The Bertz CT molecular complexity index is 168. The molecule has 0 aliphatic carbocycles. The lowest BCUT2D eigenvalue weighted by molar-refractivity contribution is 0.600. The highest BCUT2D eigenvalue weighted by Gasteiger charge is 1.94. The molecule has 4 heteroatoms. The van der Waals surface area contributed by atoms with Gasteiger partial charge in [-0.2, -0.15) is 0 Å². The Kier molecular flexibility index (Phi) is 2.71. The predicted molar refractivity (Wildman–Crippen MR) is 32.8 cm³/mol. The van der Waals surface area contributed by atoms with Crippen LogP contribution in [0.5, 0.6) is 0 Å². The van der Waals surface area contributed by atoms with E-state index in [1.165, 1.54) is 6.08 Å². The van der Waals surface area contributed by atoms with Gasteiger partial charge in [-0.3, -0.25) is 0 Å². The lowest BCUT2D eigenvalue weighted by Crippen LogP contribution is -2.14. The topological polar surface area (TPSA) is 60.2 Å². The molecule has 0 spiro atoms. The van der Waals surface area contributed by atoms with Crippen LogP contribution in [0.2, 0.25) is 0 Å². The van der Waals surface area contributed by atoms with Gasteiger partial charge >= 0.3 is 0 Å². The number of primary sulfonamides is 1. The third-order valence-electron chi connectivity index (χ3n) is 0.564. The van der Waals surface area contributed by atoms with Crippen LogP contribution in [0.3, 0.4) is 0 Å². The van der Waals surface area contributed by atoms with Crippen molar-refractivity contribution in [3.63, 3.8) is 0 Å². The van der Waals surface area contributed by atoms with Crippen molar-refractivity contribution in [2.24, 2.45) is 5.14 Å². The van der Waals surface area contributed by atoms with Gasteiger partial charge in [-0.25, -0.2) is 13.6 Å². The molecule has 8 heavy (non-hydrogen) atoms. The molecule has 0 saturated carbocycles. The first-order chi connectivity index (χ1) is 3.56. The average Bonchev–Trinajstić information content (AvgIpc) is 1.59. The zero-order valence-corrected chi connectivity index (χ0v) is 5.48. The number of nitrogens with two attached hydrogens (primary N) is 1. The van der Waals surface area contributed by atoms with Gasteiger partial charge in [0, 0.05) is 0 Å². The highest BCUT2D eigenvalue weighted by Crippen LogP contribution is 1.77. The van der Waals surface area contributed by atoms with Gasteiger partial charge in [0.05, 0.1) is 5.75 Å². The van der Waals surface area contributed by atoms with E-state index in [9.17, 15) is 8.42 Å². The van der Waals surface area contributed by atoms with E-state index >= 15 is 0 Å². The summed E-state index contributed by atoms with van der Waals surface area (Å²) in [7, 11) is -3.27. The lowest BCUT2D eigenvalue weighted by Gasteiger charge is -1.85. The quantitative estimate of drug-likeness (QED) is 0.535. The molecule has 0 atom stereocenters. The van der Waals surface area contributed by atoms with Gasteiger partial charge in [-0.05, 0) is 6.92 Å². The van der Waals surface area contributed by atoms with Gasteiger partial charge < -0.3 is 0 Å². The molecule has 0 unspecified atom stereocenters. The molecular weight excluding hydrogens is 126 g/mol. The first-order valence-electron chi connectivity index (χ1n) is 2.18. The molecule has 0 rings (SSSR count). The van der Waals surface area contributed by atoms with Gasteiger partial charge in [0.2, 0.25) is 10.0 Å². The summed E-state index contributed by atoms with van der Waals surface area (Å²) in [5, 5.41) is 4.64. The molecule has 0 aliphatic heterocycles. The number of sulfonamides is 1. The highest BCUT2D eigenvalue weighted by atomic mass is 32.2. The van der Waals surface area contributed by atoms with E-state index in [2.05, 4.69) is 5.14 Å². The summed E-state index contributed by atoms with van der Waals surface area (Å²) in [6.45, 7) is 1.74. The highest BCUT2D eigenvalue weighted by molar-refractivity contribution is 7.89. The van der Waals surface area contributed by atoms with Crippen molar-refractivity contribution in [1.29, 1.82) is 0 Å². The summed E-state index contributed by atoms with van der Waals surface area (Å²) in [6.07, 6.45) is 3.14. The van der Waals surface area contributed by atoms with E-state index in [0.717, 1.165) is 0 Å². The largest absolute Gasteiger partial charge is 0.228 e. The van der Waals surface area contributed by atoms with Gasteiger partial charge in [-0.15, -0.1) is 0 Å². The molecule has 0 aromatic rings. The second kappa shape index (κ2) is 2.84. The molecule has 0 aromatic heterocycles. The first-order valence-corrected chi connectivity index (χ1v) is 3.89. The maximum Gasteiger partial charge on any atom is 0.212 e. The molecule has 0 aliphatic rings. The van der Waals surface area contributed by atoms with Gasteiger partial charge in [0.1, 0.15) is 0 Å². The predicted octanol–water partition coefficient (Wildman–Crippen LogP) is -0.149. The fraction of sp³-hybridized carbons (Fsp3) is 0.500. The molecule has 0 fully saturated rings. The molecule has 0 amide bonds. The van der Waals surface area contributed by atoms with Crippen LogP contribution in [-0.2, 0) is 10.0 Å². The summed E-state index contributed by atoms with van der Waals surface area (Å²) in [5.74, 6) is -0.0660. The Morgan fingerprint density at radius 3 is 2.25 bits per heavy atom. The maximum atomic E-state index is 10.1. The number of rotatable bonds is 2. The summed E-state index contributed by atoms with van der Waals surface area (Å²) in [6, 6.07) is 0. The normalized spacial score (nSPS) is 12.8. The number of allylic oxidation sites excluding steroid dienone is 1. The zero-order valence-electron chi connectivity index (χ0n) is 4.66. The molecule has 2 N–H and O–H groups in total. The molecule has 0 saturated heterocycles. The van der Waals surface area contributed by atoms with Crippen LogP contribution < -0.4 is 5.14 Å². The van der Waals surface area contributed by atoms with Crippen LogP contribution in [0, 0.1) is 0 Å². The van der Waals surface area contributed by atoms with E-state index in [1.807, 2.05) is 0 Å². The Hall–Kier alpha value is -0.350. The molecule has 0 bridgehead atoms. The minimum atomic E-state index is -3.27. The van der Waals surface area contributed by atoms with E-state index in [0.29, 0.717) is 0 Å². The third-order valence-corrected chi connectivity index (χ3v) is 1.22. The SMILES string of the molecule is C/C=C\CS(N)(=O)=O. The van der Waals surface area contributed by atoms with Crippen molar-refractivity contribution >= 4 is 10.0 Å². The fourth-order valence-electron chi connectivity index (χ4n) is 0.230. The Labute approximate surface area is 49.2 Å². The molecule has 0 heterocycles. The fourth-order valence-corrected chi connectivity index (χ4v) is 0.691. The number of hydrogen-bond acceptors (Lipinski definition) is 2. The van der Waals surface area contributed by atoms with Crippen LogP contribution in [0.25, 0.3) is 0 Å². The van der Waals surface area contributed by atoms with Crippen molar-refractivity contribution in [1.82, 2.24) is 0 Å². The smallest absolute Gasteiger partial charge is 0.212 e. The van der Waals surface area contributed by atoms with Crippen LogP contribution in [0.4, 0.5) is 0 Å². The summed E-state index contributed by atoms with van der Waals surface area (Å²) < 4.78 is 20.2. The molecule has 48 valence electrons. The summed E-state index contributed by atoms with van der Waals surface area (Å²) >= 11 is 0. The standard InChI is InChI=1S/C4H9NO2S/c1-2-3-4-8(5,6)7/h2-3H,4H2,1H3,(H2,5,6,7)/b3-2-. The van der Waals surface area contributed by atoms with Crippen molar-refractivity contribution in [2.45, 2.75) is 6.92 Å². The molecular formula is C4H9NO2S. The average molecular weight is 135 g/mol. The third kappa shape index (κ3) is 5.65. The van der Waals surface area contributed by atoms with Crippen LogP contribution >= 0.6 is 0 Å².